The fraction of sp³-hybridized carbons (Fsp3) is 0.357. The summed E-state index contributed by atoms with van der Waals surface area (Å²) in [5.41, 5.74) is 0.424. The van der Waals surface area contributed by atoms with Gasteiger partial charge in [0, 0.05) is 17.1 Å². The number of hydrogen-bond donors (Lipinski definition) is 1. The molecule has 0 bridgehead atoms. The number of amides is 1. The van der Waals surface area contributed by atoms with Crippen molar-refractivity contribution in [2.24, 2.45) is 0 Å². The predicted octanol–water partition coefficient (Wildman–Crippen LogP) is 1.95. The number of rotatable bonds is 7. The first-order chi connectivity index (χ1) is 9.81. The van der Waals surface area contributed by atoms with Crippen molar-refractivity contribution < 1.29 is 17.9 Å². The van der Waals surface area contributed by atoms with E-state index >= 15 is 0 Å². The van der Waals surface area contributed by atoms with Gasteiger partial charge in [-0.3, -0.25) is 4.79 Å². The van der Waals surface area contributed by atoms with Crippen molar-refractivity contribution >= 4 is 27.3 Å². The topological polar surface area (TPSA) is 72.5 Å². The highest BCUT2D eigenvalue weighted by atomic mass is 35.5. The summed E-state index contributed by atoms with van der Waals surface area (Å²) in [4.78, 5) is 11.8. The zero-order valence-corrected chi connectivity index (χ0v) is 13.5. The Morgan fingerprint density at radius 1 is 1.52 bits per heavy atom. The van der Waals surface area contributed by atoms with Gasteiger partial charge in [0.2, 0.25) is 5.91 Å². The number of sulfone groups is 1. The van der Waals surface area contributed by atoms with Crippen LogP contribution in [0.3, 0.4) is 0 Å². The van der Waals surface area contributed by atoms with E-state index in [1.807, 2.05) is 0 Å². The standard InChI is InChI=1S/C14H18ClNO4S/c1-4-7-16-14(17)10(2)21(18,19)9-11-8-12(15)5-6-13(11)20-3/h4-6,8,10H,1,7,9H2,2-3H3,(H,16,17). The molecule has 0 aliphatic rings. The van der Waals surface area contributed by atoms with Gasteiger partial charge in [0.1, 0.15) is 11.0 Å². The Morgan fingerprint density at radius 3 is 2.76 bits per heavy atom. The highest BCUT2D eigenvalue weighted by Gasteiger charge is 2.28. The number of benzene rings is 1. The monoisotopic (exact) mass is 331 g/mol. The zero-order valence-electron chi connectivity index (χ0n) is 11.9. The highest BCUT2D eigenvalue weighted by Crippen LogP contribution is 2.25. The molecule has 1 aromatic carbocycles. The van der Waals surface area contributed by atoms with E-state index in [0.29, 0.717) is 16.3 Å². The van der Waals surface area contributed by atoms with E-state index in [1.165, 1.54) is 26.2 Å². The van der Waals surface area contributed by atoms with Crippen molar-refractivity contribution in [3.8, 4) is 5.75 Å². The van der Waals surface area contributed by atoms with E-state index in [0.717, 1.165) is 0 Å². The Morgan fingerprint density at radius 2 is 2.19 bits per heavy atom. The second-order valence-corrected chi connectivity index (χ2v) is 7.20. The third-order valence-electron chi connectivity index (χ3n) is 2.93. The molecule has 0 aromatic heterocycles. The second kappa shape index (κ2) is 7.47. The van der Waals surface area contributed by atoms with E-state index < -0.39 is 21.0 Å². The van der Waals surface area contributed by atoms with Crippen molar-refractivity contribution in [2.75, 3.05) is 13.7 Å². The molecule has 5 nitrogen and oxygen atoms in total. The minimum absolute atomic E-state index is 0.221. The van der Waals surface area contributed by atoms with Crippen LogP contribution >= 0.6 is 11.6 Å². The smallest absolute Gasteiger partial charge is 0.238 e. The summed E-state index contributed by atoms with van der Waals surface area (Å²) in [5, 5.41) is 1.71. The number of hydrogen-bond acceptors (Lipinski definition) is 4. The van der Waals surface area contributed by atoms with E-state index in [9.17, 15) is 13.2 Å². The molecule has 1 rings (SSSR count). The van der Waals surface area contributed by atoms with Gasteiger partial charge < -0.3 is 10.1 Å². The molecule has 0 heterocycles. The van der Waals surface area contributed by atoms with Crippen molar-refractivity contribution in [3.05, 3.63) is 41.4 Å². The zero-order chi connectivity index (χ0) is 16.0. The predicted molar refractivity (Wildman–Crippen MR) is 83.3 cm³/mol. The van der Waals surface area contributed by atoms with Crippen LogP contribution in [0.2, 0.25) is 5.02 Å². The number of ether oxygens (including phenoxy) is 1. The summed E-state index contributed by atoms with van der Waals surface area (Å²) < 4.78 is 29.7. The number of carbonyl (C=O) groups is 1. The fourth-order valence-electron chi connectivity index (χ4n) is 1.68. The first-order valence-electron chi connectivity index (χ1n) is 6.24. The maximum atomic E-state index is 12.3. The molecule has 1 aromatic rings. The maximum Gasteiger partial charge on any atom is 0.238 e. The molecule has 1 amide bonds. The summed E-state index contributed by atoms with van der Waals surface area (Å²) in [5.74, 6) is -0.461. The minimum atomic E-state index is -3.68. The molecule has 0 aliphatic heterocycles. The fourth-order valence-corrected chi connectivity index (χ4v) is 3.19. The molecule has 0 fully saturated rings. The first-order valence-corrected chi connectivity index (χ1v) is 8.33. The average molecular weight is 332 g/mol. The van der Waals surface area contributed by atoms with Crippen LogP contribution in [0.1, 0.15) is 12.5 Å². The van der Waals surface area contributed by atoms with Gasteiger partial charge in [0.25, 0.3) is 0 Å². The van der Waals surface area contributed by atoms with Gasteiger partial charge >= 0.3 is 0 Å². The largest absolute Gasteiger partial charge is 0.496 e. The molecule has 1 unspecified atom stereocenters. The molecule has 21 heavy (non-hydrogen) atoms. The molecular formula is C14H18ClNO4S. The number of halogens is 1. The molecule has 0 aliphatic carbocycles. The van der Waals surface area contributed by atoms with Gasteiger partial charge in [-0.15, -0.1) is 6.58 Å². The van der Waals surface area contributed by atoms with Crippen LogP contribution in [0.25, 0.3) is 0 Å². The van der Waals surface area contributed by atoms with E-state index in [-0.39, 0.29) is 12.3 Å². The molecule has 1 N–H and O–H groups in total. The summed E-state index contributed by atoms with van der Waals surface area (Å²) in [6.45, 7) is 5.03. The maximum absolute atomic E-state index is 12.3. The number of carbonyl (C=O) groups excluding carboxylic acids is 1. The van der Waals surface area contributed by atoms with Crippen molar-refractivity contribution in [1.82, 2.24) is 5.32 Å². The quantitative estimate of drug-likeness (QED) is 0.775. The lowest BCUT2D eigenvalue weighted by molar-refractivity contribution is -0.120. The van der Waals surface area contributed by atoms with Crippen molar-refractivity contribution in [3.63, 3.8) is 0 Å². The van der Waals surface area contributed by atoms with Crippen molar-refractivity contribution in [2.45, 2.75) is 17.9 Å². The third-order valence-corrected chi connectivity index (χ3v) is 5.17. The average Bonchev–Trinajstić information content (AvgIpc) is 2.43. The van der Waals surface area contributed by atoms with E-state index in [1.54, 1.807) is 12.1 Å². The Bertz CT molecular complexity index is 628. The van der Waals surface area contributed by atoms with Crippen LogP contribution in [-0.4, -0.2) is 33.2 Å². The lowest BCUT2D eigenvalue weighted by atomic mass is 10.2. The van der Waals surface area contributed by atoms with Crippen LogP contribution in [0.15, 0.2) is 30.9 Å². The SMILES string of the molecule is C=CCNC(=O)C(C)S(=O)(=O)Cc1cc(Cl)ccc1OC. The molecule has 0 saturated heterocycles. The minimum Gasteiger partial charge on any atom is -0.496 e. The molecule has 0 radical (unpaired) electrons. The van der Waals surface area contributed by atoms with Crippen molar-refractivity contribution in [1.29, 1.82) is 0 Å². The molecule has 0 spiro atoms. The highest BCUT2D eigenvalue weighted by molar-refractivity contribution is 7.92. The van der Waals surface area contributed by atoms with Gasteiger partial charge in [0.15, 0.2) is 9.84 Å². The van der Waals surface area contributed by atoms with Crippen LogP contribution in [-0.2, 0) is 20.4 Å². The van der Waals surface area contributed by atoms with Crippen LogP contribution in [0.4, 0.5) is 0 Å². The summed E-state index contributed by atoms with van der Waals surface area (Å²) in [6, 6.07) is 4.72. The number of methoxy groups -OCH3 is 1. The van der Waals surface area contributed by atoms with Gasteiger partial charge in [-0.05, 0) is 25.1 Å². The number of nitrogens with one attached hydrogen (secondary N) is 1. The molecule has 0 saturated carbocycles. The third kappa shape index (κ3) is 4.75. The van der Waals surface area contributed by atoms with E-state index in [2.05, 4.69) is 11.9 Å². The Labute approximate surface area is 129 Å². The summed E-state index contributed by atoms with van der Waals surface area (Å²) >= 11 is 5.87. The molecular weight excluding hydrogens is 314 g/mol. The van der Waals surface area contributed by atoms with E-state index in [4.69, 9.17) is 16.3 Å². The Balaban J connectivity index is 2.97. The van der Waals surface area contributed by atoms with Crippen LogP contribution < -0.4 is 10.1 Å². The molecule has 116 valence electrons. The molecule has 1 atom stereocenters. The van der Waals surface area contributed by atoms with Gasteiger partial charge in [-0.2, -0.15) is 0 Å². The lowest BCUT2D eigenvalue weighted by Gasteiger charge is -2.14. The first kappa shape index (κ1) is 17.5. The lowest BCUT2D eigenvalue weighted by Crippen LogP contribution is -2.38. The Kier molecular flexibility index (Phi) is 6.23. The van der Waals surface area contributed by atoms with Crippen LogP contribution in [0, 0.1) is 0 Å². The summed E-state index contributed by atoms with van der Waals surface area (Å²) in [6.07, 6.45) is 1.48. The van der Waals surface area contributed by atoms with Gasteiger partial charge in [-0.25, -0.2) is 8.42 Å². The normalized spacial score (nSPS) is 12.5. The second-order valence-electron chi connectivity index (χ2n) is 4.44. The Hall–Kier alpha value is -1.53. The molecule has 7 heteroatoms. The van der Waals surface area contributed by atoms with Crippen LogP contribution in [0.5, 0.6) is 5.75 Å². The summed E-state index contributed by atoms with van der Waals surface area (Å²) in [7, 11) is -2.23. The van der Waals surface area contributed by atoms with Gasteiger partial charge in [0.05, 0.1) is 12.9 Å². The van der Waals surface area contributed by atoms with Gasteiger partial charge in [-0.1, -0.05) is 17.7 Å².